The second kappa shape index (κ2) is 7.58. The maximum Gasteiger partial charge on any atom is 0.310 e. The molecule has 2 amide bonds. The van der Waals surface area contributed by atoms with Gasteiger partial charge in [0.2, 0.25) is 5.91 Å². The zero-order valence-electron chi connectivity index (χ0n) is 15.7. The van der Waals surface area contributed by atoms with Gasteiger partial charge in [0.05, 0.1) is 30.7 Å². The van der Waals surface area contributed by atoms with Gasteiger partial charge in [0.25, 0.3) is 5.91 Å². The predicted molar refractivity (Wildman–Crippen MR) is 97.7 cm³/mol. The lowest BCUT2D eigenvalue weighted by atomic mass is 9.96. The highest BCUT2D eigenvalue weighted by atomic mass is 16.5. The smallest absolute Gasteiger partial charge is 0.310 e. The Bertz CT molecular complexity index is 710. The third kappa shape index (κ3) is 3.65. The summed E-state index contributed by atoms with van der Waals surface area (Å²) in [7, 11) is 0. The van der Waals surface area contributed by atoms with E-state index in [4.69, 9.17) is 4.74 Å². The molecule has 140 valence electrons. The SMILES string of the molecule is CCOC(=O)[C@H]1CCCN([C@H]2CC(=O)N(c3cc(C)cc(C)c3)C2=O)C1. The molecule has 2 heterocycles. The molecule has 2 saturated heterocycles. The largest absolute Gasteiger partial charge is 0.466 e. The van der Waals surface area contributed by atoms with E-state index in [0.29, 0.717) is 18.8 Å². The minimum atomic E-state index is -0.486. The van der Waals surface area contributed by atoms with Crippen LogP contribution in [0.5, 0.6) is 0 Å². The summed E-state index contributed by atoms with van der Waals surface area (Å²) in [6, 6.07) is 5.26. The molecule has 6 nitrogen and oxygen atoms in total. The van der Waals surface area contributed by atoms with Crippen LogP contribution in [0, 0.1) is 19.8 Å². The number of hydrogen-bond acceptors (Lipinski definition) is 5. The van der Waals surface area contributed by atoms with Crippen molar-refractivity contribution < 1.29 is 19.1 Å². The van der Waals surface area contributed by atoms with Gasteiger partial charge >= 0.3 is 5.97 Å². The zero-order valence-corrected chi connectivity index (χ0v) is 15.7. The Hall–Kier alpha value is -2.21. The summed E-state index contributed by atoms with van der Waals surface area (Å²) < 4.78 is 5.13. The standard InChI is InChI=1S/C20H26N2O4/c1-4-26-20(25)15-6-5-7-21(12-15)17-11-18(23)22(19(17)24)16-9-13(2)8-14(3)10-16/h8-10,15,17H,4-7,11-12H2,1-3H3/t15-,17-/m0/s1. The van der Waals surface area contributed by atoms with Crippen LogP contribution in [-0.2, 0) is 19.1 Å². The molecule has 0 radical (unpaired) electrons. The van der Waals surface area contributed by atoms with E-state index < -0.39 is 6.04 Å². The van der Waals surface area contributed by atoms with Gasteiger partial charge in [-0.25, -0.2) is 4.90 Å². The van der Waals surface area contributed by atoms with Crippen molar-refractivity contribution in [1.29, 1.82) is 0 Å². The first-order valence-electron chi connectivity index (χ1n) is 9.26. The molecule has 0 aliphatic carbocycles. The molecular formula is C20H26N2O4. The van der Waals surface area contributed by atoms with Crippen LogP contribution in [-0.4, -0.2) is 48.4 Å². The van der Waals surface area contributed by atoms with Crippen molar-refractivity contribution in [3.8, 4) is 0 Å². The molecule has 2 atom stereocenters. The van der Waals surface area contributed by atoms with Crippen LogP contribution in [0.15, 0.2) is 18.2 Å². The molecule has 0 unspecified atom stereocenters. The van der Waals surface area contributed by atoms with E-state index in [1.165, 1.54) is 4.90 Å². The highest BCUT2D eigenvalue weighted by molar-refractivity contribution is 6.22. The first-order chi connectivity index (χ1) is 12.4. The minimum Gasteiger partial charge on any atom is -0.466 e. The monoisotopic (exact) mass is 358 g/mol. The second-order valence-corrected chi connectivity index (χ2v) is 7.22. The van der Waals surface area contributed by atoms with Gasteiger partial charge in [-0.1, -0.05) is 6.07 Å². The van der Waals surface area contributed by atoms with Crippen molar-refractivity contribution in [2.45, 2.75) is 46.1 Å². The van der Waals surface area contributed by atoms with Gasteiger partial charge in [-0.05, 0) is 63.4 Å². The maximum atomic E-state index is 13.0. The van der Waals surface area contributed by atoms with Crippen LogP contribution in [0.25, 0.3) is 0 Å². The fourth-order valence-corrected chi connectivity index (χ4v) is 3.99. The first kappa shape index (κ1) is 18.6. The van der Waals surface area contributed by atoms with E-state index in [1.54, 1.807) is 6.92 Å². The van der Waals surface area contributed by atoms with E-state index in [2.05, 4.69) is 0 Å². The van der Waals surface area contributed by atoms with E-state index in [9.17, 15) is 14.4 Å². The van der Waals surface area contributed by atoms with Crippen molar-refractivity contribution in [1.82, 2.24) is 4.90 Å². The molecule has 0 bridgehead atoms. The Kier molecular flexibility index (Phi) is 5.41. The molecule has 2 aliphatic heterocycles. The third-order valence-electron chi connectivity index (χ3n) is 5.10. The maximum absolute atomic E-state index is 13.0. The van der Waals surface area contributed by atoms with Crippen LogP contribution in [0.4, 0.5) is 5.69 Å². The fourth-order valence-electron chi connectivity index (χ4n) is 3.99. The predicted octanol–water partition coefficient (Wildman–Crippen LogP) is 2.21. The number of amides is 2. The summed E-state index contributed by atoms with van der Waals surface area (Å²) in [6.07, 6.45) is 1.76. The summed E-state index contributed by atoms with van der Waals surface area (Å²) in [4.78, 5) is 40.9. The summed E-state index contributed by atoms with van der Waals surface area (Å²) in [5.74, 6) is -0.797. The number of imide groups is 1. The number of benzene rings is 1. The van der Waals surface area contributed by atoms with Gasteiger partial charge < -0.3 is 4.74 Å². The van der Waals surface area contributed by atoms with Crippen molar-refractivity contribution in [2.24, 2.45) is 5.92 Å². The number of rotatable bonds is 4. The minimum absolute atomic E-state index is 0.168. The van der Waals surface area contributed by atoms with Crippen LogP contribution < -0.4 is 4.90 Å². The van der Waals surface area contributed by atoms with Crippen molar-refractivity contribution >= 4 is 23.5 Å². The summed E-state index contributed by atoms with van der Waals surface area (Å²) >= 11 is 0. The number of anilines is 1. The van der Waals surface area contributed by atoms with Crippen LogP contribution in [0.2, 0.25) is 0 Å². The Balaban J connectivity index is 1.77. The second-order valence-electron chi connectivity index (χ2n) is 7.22. The number of carbonyl (C=O) groups is 3. The Morgan fingerprint density at radius 3 is 2.54 bits per heavy atom. The van der Waals surface area contributed by atoms with Crippen LogP contribution in [0.1, 0.15) is 37.3 Å². The zero-order chi connectivity index (χ0) is 18.8. The summed E-state index contributed by atoms with van der Waals surface area (Å²) in [5, 5.41) is 0. The lowest BCUT2D eigenvalue weighted by Crippen LogP contribution is -2.48. The first-order valence-corrected chi connectivity index (χ1v) is 9.26. The van der Waals surface area contributed by atoms with Crippen molar-refractivity contribution in [2.75, 3.05) is 24.6 Å². The number of ether oxygens (including phenoxy) is 1. The highest BCUT2D eigenvalue weighted by Gasteiger charge is 2.44. The number of aryl methyl sites for hydroxylation is 2. The van der Waals surface area contributed by atoms with E-state index >= 15 is 0 Å². The number of esters is 1. The topological polar surface area (TPSA) is 66.9 Å². The normalized spacial score (nSPS) is 24.2. The highest BCUT2D eigenvalue weighted by Crippen LogP contribution is 2.30. The Morgan fingerprint density at radius 1 is 1.19 bits per heavy atom. The van der Waals surface area contributed by atoms with Crippen LogP contribution in [0.3, 0.4) is 0 Å². The lowest BCUT2D eigenvalue weighted by Gasteiger charge is -2.34. The number of likely N-dealkylation sites (tertiary alicyclic amines) is 1. The molecule has 0 aromatic heterocycles. The third-order valence-corrected chi connectivity index (χ3v) is 5.10. The van der Waals surface area contributed by atoms with E-state index in [0.717, 1.165) is 30.5 Å². The van der Waals surface area contributed by atoms with E-state index in [1.807, 2.05) is 36.9 Å². The molecule has 2 aliphatic rings. The van der Waals surface area contributed by atoms with Gasteiger partial charge in [-0.2, -0.15) is 0 Å². The number of nitrogens with zero attached hydrogens (tertiary/aromatic N) is 2. The molecule has 2 fully saturated rings. The average molecular weight is 358 g/mol. The lowest BCUT2D eigenvalue weighted by molar-refractivity contribution is -0.150. The summed E-state index contributed by atoms with van der Waals surface area (Å²) in [5.41, 5.74) is 2.67. The van der Waals surface area contributed by atoms with Gasteiger partial charge in [0.15, 0.2) is 0 Å². The molecule has 6 heteroatoms. The average Bonchev–Trinajstić information content (AvgIpc) is 2.89. The molecule has 0 saturated carbocycles. The van der Waals surface area contributed by atoms with Gasteiger partial charge in [0.1, 0.15) is 0 Å². The van der Waals surface area contributed by atoms with E-state index in [-0.39, 0.29) is 30.1 Å². The van der Waals surface area contributed by atoms with Crippen LogP contribution >= 0.6 is 0 Å². The number of hydrogen-bond donors (Lipinski definition) is 0. The van der Waals surface area contributed by atoms with Gasteiger partial charge in [-0.15, -0.1) is 0 Å². The Morgan fingerprint density at radius 2 is 1.88 bits per heavy atom. The molecular weight excluding hydrogens is 332 g/mol. The van der Waals surface area contributed by atoms with Crippen molar-refractivity contribution in [3.05, 3.63) is 29.3 Å². The molecule has 0 spiro atoms. The molecule has 3 rings (SSSR count). The summed E-state index contributed by atoms with van der Waals surface area (Å²) in [6.45, 7) is 7.25. The molecule has 1 aromatic rings. The van der Waals surface area contributed by atoms with Crippen molar-refractivity contribution in [3.63, 3.8) is 0 Å². The number of carbonyl (C=O) groups excluding carboxylic acids is 3. The Labute approximate surface area is 154 Å². The van der Waals surface area contributed by atoms with Gasteiger partial charge in [-0.3, -0.25) is 19.3 Å². The molecule has 1 aromatic carbocycles. The van der Waals surface area contributed by atoms with Gasteiger partial charge in [0, 0.05) is 6.54 Å². The fraction of sp³-hybridized carbons (Fsp3) is 0.550. The number of piperidine rings is 1. The molecule has 0 N–H and O–H groups in total. The molecule has 26 heavy (non-hydrogen) atoms. The quantitative estimate of drug-likeness (QED) is 0.610.